The van der Waals surface area contributed by atoms with Gasteiger partial charge in [0.15, 0.2) is 0 Å². The summed E-state index contributed by atoms with van der Waals surface area (Å²) in [6.45, 7) is 8.33. The lowest BCUT2D eigenvalue weighted by Gasteiger charge is -2.18. The molecule has 0 bridgehead atoms. The third-order valence-corrected chi connectivity index (χ3v) is 14.7. The lowest BCUT2D eigenvalue weighted by molar-refractivity contribution is 0.0725. The Labute approximate surface area is 501 Å². The summed E-state index contributed by atoms with van der Waals surface area (Å²) in [5, 5.41) is 0. The summed E-state index contributed by atoms with van der Waals surface area (Å²) < 4.78 is 47.9. The molecule has 84 heavy (non-hydrogen) atoms. The zero-order valence-corrected chi connectivity index (χ0v) is 50.0. The number of unbranched alkanes of at least 4 members (excludes halogenated alkanes) is 18. The van der Waals surface area contributed by atoms with Gasteiger partial charge in [-0.15, -0.1) is 0 Å². The smallest absolute Gasteiger partial charge is 0.343 e. The average molecular weight is 1140 g/mol. The normalized spacial score (nSPS) is 11.0. The van der Waals surface area contributed by atoms with Crippen molar-refractivity contribution >= 4 is 11.9 Å². The summed E-state index contributed by atoms with van der Waals surface area (Å²) in [5.41, 5.74) is 5.28. The minimum absolute atomic E-state index is 0.402. The molecule has 446 valence electrons. The number of rotatable bonds is 42. The van der Waals surface area contributed by atoms with Gasteiger partial charge in [-0.1, -0.05) is 177 Å². The Hall–Kier alpha value is -7.72. The number of benzene rings is 7. The van der Waals surface area contributed by atoms with E-state index in [4.69, 9.17) is 37.9 Å². The van der Waals surface area contributed by atoms with Crippen LogP contribution < -0.4 is 37.9 Å². The predicted octanol–water partition coefficient (Wildman–Crippen LogP) is 19.8. The van der Waals surface area contributed by atoms with E-state index < -0.39 is 11.9 Å². The second-order valence-corrected chi connectivity index (χ2v) is 21.5. The summed E-state index contributed by atoms with van der Waals surface area (Å²) in [6.07, 6.45) is 24.7. The minimum Gasteiger partial charge on any atom is -0.494 e. The van der Waals surface area contributed by atoms with Gasteiger partial charge in [-0.2, -0.15) is 0 Å². The molecule has 0 aliphatic heterocycles. The fraction of sp³-hybridized carbons (Fsp3) is 0.405. The van der Waals surface area contributed by atoms with Crippen LogP contribution in [0.5, 0.6) is 46.0 Å². The summed E-state index contributed by atoms with van der Waals surface area (Å²) in [4.78, 5) is 25.5. The van der Waals surface area contributed by atoms with Gasteiger partial charge in [0.05, 0.1) is 50.8 Å². The molecule has 0 radical (unpaired) electrons. The predicted molar refractivity (Wildman–Crippen MR) is 339 cm³/mol. The van der Waals surface area contributed by atoms with E-state index >= 15 is 0 Å². The van der Waals surface area contributed by atoms with Crippen LogP contribution in [0.15, 0.2) is 170 Å². The van der Waals surface area contributed by atoms with E-state index in [-0.39, 0.29) is 0 Å². The molecule has 0 aromatic heterocycles. The van der Waals surface area contributed by atoms with Crippen molar-refractivity contribution in [2.45, 2.75) is 155 Å². The van der Waals surface area contributed by atoms with Gasteiger partial charge >= 0.3 is 11.9 Å². The molecule has 0 spiro atoms. The monoisotopic (exact) mass is 1140 g/mol. The lowest BCUT2D eigenvalue weighted by Crippen LogP contribution is -2.08. The molecule has 0 saturated carbocycles. The largest absolute Gasteiger partial charge is 0.494 e. The Balaban J connectivity index is 0.733. The molecule has 0 atom stereocenters. The lowest BCUT2D eigenvalue weighted by atomic mass is 9.98. The van der Waals surface area contributed by atoms with Gasteiger partial charge in [0, 0.05) is 11.1 Å². The molecule has 7 rings (SSSR count). The van der Waals surface area contributed by atoms with E-state index in [9.17, 15) is 9.59 Å². The maximum absolute atomic E-state index is 12.7. The topological polar surface area (TPSA) is 108 Å². The van der Waals surface area contributed by atoms with Crippen LogP contribution in [-0.2, 0) is 0 Å². The highest BCUT2D eigenvalue weighted by Crippen LogP contribution is 2.41. The van der Waals surface area contributed by atoms with Crippen molar-refractivity contribution in [3.63, 3.8) is 0 Å². The zero-order valence-electron chi connectivity index (χ0n) is 50.0. The number of carbonyl (C=O) groups excluding carboxylic acids is 2. The Kier molecular flexibility index (Phi) is 29.0. The number of ether oxygens (including phenoxy) is 8. The molecular weight excluding hydrogens is 1050 g/mol. The van der Waals surface area contributed by atoms with Crippen LogP contribution in [0.1, 0.15) is 176 Å². The van der Waals surface area contributed by atoms with Crippen LogP contribution in [0, 0.1) is 0 Å². The molecule has 10 nitrogen and oxygen atoms in total. The Bertz CT molecular complexity index is 2690. The van der Waals surface area contributed by atoms with Gasteiger partial charge in [-0.05, 0) is 159 Å². The Morgan fingerprint density at radius 2 is 0.524 bits per heavy atom. The van der Waals surface area contributed by atoms with Gasteiger partial charge in [0.2, 0.25) is 0 Å². The first-order valence-electron chi connectivity index (χ1n) is 31.4. The molecule has 0 saturated heterocycles. The summed E-state index contributed by atoms with van der Waals surface area (Å²) in [5.74, 6) is 4.99. The number of esters is 2. The Morgan fingerprint density at radius 1 is 0.274 bits per heavy atom. The molecular formula is C74H90O10. The highest BCUT2D eigenvalue weighted by molar-refractivity contribution is 5.92. The van der Waals surface area contributed by atoms with E-state index in [0.717, 1.165) is 147 Å². The molecule has 0 fully saturated rings. The van der Waals surface area contributed by atoms with E-state index in [1.807, 2.05) is 48.5 Å². The fourth-order valence-electron chi connectivity index (χ4n) is 9.76. The van der Waals surface area contributed by atoms with Gasteiger partial charge in [0.25, 0.3) is 0 Å². The number of hydrogen-bond donors (Lipinski definition) is 0. The van der Waals surface area contributed by atoms with Gasteiger partial charge < -0.3 is 37.9 Å². The van der Waals surface area contributed by atoms with E-state index in [1.165, 1.54) is 51.4 Å². The third-order valence-electron chi connectivity index (χ3n) is 14.7. The van der Waals surface area contributed by atoms with Crippen molar-refractivity contribution in [2.24, 2.45) is 0 Å². The fourth-order valence-corrected chi connectivity index (χ4v) is 9.76. The van der Waals surface area contributed by atoms with E-state index in [0.29, 0.717) is 62.3 Å². The maximum atomic E-state index is 12.7. The van der Waals surface area contributed by atoms with Crippen molar-refractivity contribution in [1.29, 1.82) is 0 Å². The van der Waals surface area contributed by atoms with Crippen molar-refractivity contribution in [2.75, 3.05) is 39.6 Å². The van der Waals surface area contributed by atoms with Crippen LogP contribution >= 0.6 is 0 Å². The standard InChI is InChI=1S/C74H90O10/c1-3-5-25-51-77-65-43-47-67(48-44-65)83-73(75)61-35-39-63(40-36-61)79-53-27-15-11-7-9-13-17-29-55-81-71-57-70(60-33-23-20-24-34-60)72(58-69(71)59-31-21-19-22-32-59)82-56-30-18-14-10-8-12-16-28-54-80-64-41-37-62(38-42-64)74(76)84-68-49-45-66(46-50-68)78-52-26-6-4-2/h19-24,31-50,57-58H,3-18,25-30,51-56H2,1-2H3. The second kappa shape index (κ2) is 38.2. The van der Waals surface area contributed by atoms with Crippen molar-refractivity contribution in [1.82, 2.24) is 0 Å². The van der Waals surface area contributed by atoms with Crippen molar-refractivity contribution in [3.05, 3.63) is 181 Å². The molecule has 0 aliphatic carbocycles. The quantitative estimate of drug-likeness (QED) is 0.0209. The van der Waals surface area contributed by atoms with Crippen LogP contribution in [-0.4, -0.2) is 51.6 Å². The van der Waals surface area contributed by atoms with Gasteiger partial charge in [-0.3, -0.25) is 0 Å². The molecule has 0 heterocycles. The molecule has 0 unspecified atom stereocenters. The number of carbonyl (C=O) groups is 2. The van der Waals surface area contributed by atoms with Crippen LogP contribution in [0.3, 0.4) is 0 Å². The minimum atomic E-state index is -0.402. The average Bonchev–Trinajstić information content (AvgIpc) is 3.34. The van der Waals surface area contributed by atoms with Crippen LogP contribution in [0.25, 0.3) is 22.3 Å². The van der Waals surface area contributed by atoms with Gasteiger partial charge in [-0.25, -0.2) is 9.59 Å². The summed E-state index contributed by atoms with van der Waals surface area (Å²) in [7, 11) is 0. The van der Waals surface area contributed by atoms with Crippen LogP contribution in [0.2, 0.25) is 0 Å². The zero-order chi connectivity index (χ0) is 58.5. The van der Waals surface area contributed by atoms with Crippen molar-refractivity contribution in [3.8, 4) is 68.2 Å². The summed E-state index contributed by atoms with van der Waals surface area (Å²) in [6, 6.07) is 54.0. The Morgan fingerprint density at radius 3 is 0.821 bits per heavy atom. The highest BCUT2D eigenvalue weighted by atomic mass is 16.5. The van der Waals surface area contributed by atoms with Crippen molar-refractivity contribution < 1.29 is 47.5 Å². The van der Waals surface area contributed by atoms with Gasteiger partial charge in [0.1, 0.15) is 46.0 Å². The first-order valence-corrected chi connectivity index (χ1v) is 31.4. The SMILES string of the molecule is CCCCCOc1ccc(OC(=O)c2ccc(OCCCCCCCCCCOc3cc(-c4ccccc4)c(OCCCCCCCCCCOc4ccc(C(=O)Oc5ccc(OCCCCC)cc5)cc4)cc3-c3ccccc3)cc2)cc1. The first-order chi connectivity index (χ1) is 41.4. The molecule has 10 heteroatoms. The summed E-state index contributed by atoms with van der Waals surface area (Å²) >= 11 is 0. The molecule has 0 N–H and O–H groups in total. The third kappa shape index (κ3) is 23.5. The number of hydrogen-bond acceptors (Lipinski definition) is 10. The van der Waals surface area contributed by atoms with E-state index in [2.05, 4.69) is 86.6 Å². The maximum Gasteiger partial charge on any atom is 0.343 e. The van der Waals surface area contributed by atoms with E-state index in [1.54, 1.807) is 48.5 Å². The molecule has 7 aromatic rings. The highest BCUT2D eigenvalue weighted by Gasteiger charge is 2.17. The van der Waals surface area contributed by atoms with Crippen LogP contribution in [0.4, 0.5) is 0 Å². The molecule has 0 amide bonds. The molecule has 7 aromatic carbocycles. The first kappa shape index (κ1) is 63.9. The molecule has 0 aliphatic rings. The second-order valence-electron chi connectivity index (χ2n) is 21.5.